The fourth-order valence-electron chi connectivity index (χ4n) is 2.53. The molecular formula is C19H20N2O4. The van der Waals surface area contributed by atoms with Crippen molar-refractivity contribution in [3.05, 3.63) is 69.6 Å². The van der Waals surface area contributed by atoms with Crippen LogP contribution < -0.4 is 10.3 Å². The number of fused-ring (bicyclic) bond motifs is 1. The van der Waals surface area contributed by atoms with Gasteiger partial charge in [-0.05, 0) is 23.8 Å². The molecule has 3 rings (SSSR count). The molecule has 25 heavy (non-hydrogen) atoms. The van der Waals surface area contributed by atoms with Crippen LogP contribution in [0.25, 0.3) is 10.8 Å². The monoisotopic (exact) mass is 340 g/mol. The predicted octanol–water partition coefficient (Wildman–Crippen LogP) is 3.25. The fourth-order valence-corrected chi connectivity index (χ4v) is 2.53. The lowest BCUT2D eigenvalue weighted by molar-refractivity contribution is 0.0693. The van der Waals surface area contributed by atoms with Crippen molar-refractivity contribution in [2.24, 2.45) is 0 Å². The van der Waals surface area contributed by atoms with Gasteiger partial charge in [-0.25, -0.2) is 9.89 Å². The van der Waals surface area contributed by atoms with Crippen molar-refractivity contribution in [2.45, 2.75) is 20.3 Å². The average molecular weight is 340 g/mol. The molecule has 0 saturated carbocycles. The van der Waals surface area contributed by atoms with Gasteiger partial charge in [-0.1, -0.05) is 38.1 Å². The van der Waals surface area contributed by atoms with Gasteiger partial charge in [0.05, 0.1) is 18.2 Å². The molecule has 3 aromatic rings. The summed E-state index contributed by atoms with van der Waals surface area (Å²) in [6.45, 7) is 4.00. The molecule has 6 nitrogen and oxygen atoms in total. The third kappa shape index (κ3) is 3.85. The Balaban J connectivity index is 0.00000109. The number of H-pyrrole nitrogens is 1. The van der Waals surface area contributed by atoms with Crippen LogP contribution in [0.5, 0.6) is 5.75 Å². The molecule has 0 aliphatic heterocycles. The number of hydrogen-bond donors (Lipinski definition) is 2. The van der Waals surface area contributed by atoms with Crippen LogP contribution in [-0.4, -0.2) is 28.4 Å². The van der Waals surface area contributed by atoms with Crippen molar-refractivity contribution < 1.29 is 14.6 Å². The first kappa shape index (κ1) is 18.2. The Hall–Kier alpha value is -3.15. The van der Waals surface area contributed by atoms with Crippen molar-refractivity contribution in [2.75, 3.05) is 7.11 Å². The number of ether oxygens (including phenoxy) is 1. The van der Waals surface area contributed by atoms with Gasteiger partial charge < -0.3 is 9.84 Å². The molecule has 0 bridgehead atoms. The van der Waals surface area contributed by atoms with Crippen molar-refractivity contribution in [1.29, 1.82) is 0 Å². The number of nitrogens with zero attached hydrogens (tertiary/aromatic N) is 1. The van der Waals surface area contributed by atoms with Crippen LogP contribution in [0, 0.1) is 0 Å². The first-order chi connectivity index (χ1) is 12.1. The third-order valence-corrected chi connectivity index (χ3v) is 3.64. The standard InChI is InChI=1S/C17H14N2O4.C2H6/c1-23-15-7-6-10(8-13(15)17(21)22)9-14-11-4-2-3-5-12(11)16(20)19-18-14;1-2/h2-8H,9H2,1H3,(H,19,20)(H,21,22);1-2H3. The molecule has 0 aliphatic rings. The summed E-state index contributed by atoms with van der Waals surface area (Å²) in [6.07, 6.45) is 0.404. The second-order valence-corrected chi connectivity index (χ2v) is 5.06. The number of methoxy groups -OCH3 is 1. The molecule has 0 amide bonds. The van der Waals surface area contributed by atoms with Crippen LogP contribution in [0.2, 0.25) is 0 Å². The number of aromatic amines is 1. The molecule has 2 aromatic carbocycles. The van der Waals surface area contributed by atoms with Gasteiger partial charge in [0.2, 0.25) is 0 Å². The zero-order valence-corrected chi connectivity index (χ0v) is 14.4. The van der Waals surface area contributed by atoms with Gasteiger partial charge in [-0.3, -0.25) is 4.79 Å². The molecule has 6 heteroatoms. The highest BCUT2D eigenvalue weighted by Gasteiger charge is 2.13. The van der Waals surface area contributed by atoms with Gasteiger partial charge in [-0.15, -0.1) is 0 Å². The fraction of sp³-hybridized carbons (Fsp3) is 0.211. The summed E-state index contributed by atoms with van der Waals surface area (Å²) in [5, 5.41) is 17.1. The lowest BCUT2D eigenvalue weighted by Crippen LogP contribution is -2.11. The highest BCUT2D eigenvalue weighted by Crippen LogP contribution is 2.22. The van der Waals surface area contributed by atoms with Crippen LogP contribution in [0.15, 0.2) is 47.3 Å². The Labute approximate surface area is 145 Å². The minimum absolute atomic E-state index is 0.0960. The maximum Gasteiger partial charge on any atom is 0.339 e. The van der Waals surface area contributed by atoms with Crippen LogP contribution >= 0.6 is 0 Å². The molecule has 0 spiro atoms. The topological polar surface area (TPSA) is 92.3 Å². The molecule has 0 radical (unpaired) electrons. The van der Waals surface area contributed by atoms with Crippen LogP contribution in [0.3, 0.4) is 0 Å². The number of hydrogen-bond acceptors (Lipinski definition) is 4. The third-order valence-electron chi connectivity index (χ3n) is 3.64. The molecule has 2 N–H and O–H groups in total. The van der Waals surface area contributed by atoms with E-state index in [1.807, 2.05) is 26.0 Å². The van der Waals surface area contributed by atoms with E-state index < -0.39 is 5.97 Å². The van der Waals surface area contributed by atoms with E-state index in [4.69, 9.17) is 4.74 Å². The van der Waals surface area contributed by atoms with E-state index in [-0.39, 0.29) is 11.1 Å². The summed E-state index contributed by atoms with van der Waals surface area (Å²) < 4.78 is 5.05. The number of aromatic carboxylic acids is 1. The lowest BCUT2D eigenvalue weighted by Gasteiger charge is -2.09. The molecule has 130 valence electrons. The van der Waals surface area contributed by atoms with Gasteiger partial charge in [0.15, 0.2) is 0 Å². The molecular weight excluding hydrogens is 320 g/mol. The Bertz CT molecular complexity index is 948. The normalized spacial score (nSPS) is 10.0. The predicted molar refractivity (Wildman–Crippen MR) is 96.5 cm³/mol. The SMILES string of the molecule is CC.COc1ccc(Cc2n[nH]c(=O)c3ccccc23)cc1C(=O)O. The van der Waals surface area contributed by atoms with Crippen molar-refractivity contribution in [3.63, 3.8) is 0 Å². The Morgan fingerprint density at radius 3 is 2.48 bits per heavy atom. The van der Waals surface area contributed by atoms with Gasteiger partial charge in [0.1, 0.15) is 11.3 Å². The molecule has 1 aromatic heterocycles. The smallest absolute Gasteiger partial charge is 0.339 e. The molecule has 0 atom stereocenters. The van der Waals surface area contributed by atoms with Crippen LogP contribution in [0.4, 0.5) is 0 Å². The highest BCUT2D eigenvalue weighted by molar-refractivity contribution is 5.91. The molecule has 0 unspecified atom stereocenters. The summed E-state index contributed by atoms with van der Waals surface area (Å²) in [5.74, 6) is -0.747. The molecule has 1 heterocycles. The van der Waals surface area contributed by atoms with Gasteiger partial charge in [-0.2, -0.15) is 5.10 Å². The number of rotatable bonds is 4. The summed E-state index contributed by atoms with van der Waals surface area (Å²) >= 11 is 0. The molecule has 0 saturated heterocycles. The maximum atomic E-state index is 11.8. The first-order valence-electron chi connectivity index (χ1n) is 7.96. The van der Waals surface area contributed by atoms with E-state index in [0.29, 0.717) is 23.3 Å². The quantitative estimate of drug-likeness (QED) is 0.760. The summed E-state index contributed by atoms with van der Waals surface area (Å²) in [7, 11) is 1.43. The number of nitrogens with one attached hydrogen (secondary N) is 1. The van der Waals surface area contributed by atoms with Crippen molar-refractivity contribution in [1.82, 2.24) is 10.2 Å². The first-order valence-corrected chi connectivity index (χ1v) is 7.96. The van der Waals surface area contributed by atoms with Gasteiger partial charge >= 0.3 is 5.97 Å². The van der Waals surface area contributed by atoms with E-state index in [9.17, 15) is 14.7 Å². The van der Waals surface area contributed by atoms with Gasteiger partial charge in [0.25, 0.3) is 5.56 Å². The van der Waals surface area contributed by atoms with Crippen molar-refractivity contribution >= 4 is 16.7 Å². The van der Waals surface area contributed by atoms with E-state index in [1.54, 1.807) is 30.3 Å². The molecule has 0 aliphatic carbocycles. The zero-order chi connectivity index (χ0) is 18.4. The second-order valence-electron chi connectivity index (χ2n) is 5.06. The number of aromatic nitrogens is 2. The lowest BCUT2D eigenvalue weighted by atomic mass is 10.0. The highest BCUT2D eigenvalue weighted by atomic mass is 16.5. The minimum atomic E-state index is -1.05. The average Bonchev–Trinajstić information content (AvgIpc) is 2.66. The Morgan fingerprint density at radius 1 is 1.16 bits per heavy atom. The van der Waals surface area contributed by atoms with Crippen LogP contribution in [-0.2, 0) is 6.42 Å². The van der Waals surface area contributed by atoms with E-state index in [1.165, 1.54) is 7.11 Å². The van der Waals surface area contributed by atoms with E-state index >= 15 is 0 Å². The van der Waals surface area contributed by atoms with Gasteiger partial charge in [0, 0.05) is 11.8 Å². The van der Waals surface area contributed by atoms with E-state index in [2.05, 4.69) is 10.2 Å². The minimum Gasteiger partial charge on any atom is -0.496 e. The van der Waals surface area contributed by atoms with Crippen molar-refractivity contribution in [3.8, 4) is 5.75 Å². The van der Waals surface area contributed by atoms with E-state index in [0.717, 1.165) is 10.9 Å². The summed E-state index contributed by atoms with van der Waals surface area (Å²) in [5.41, 5.74) is 1.30. The largest absolute Gasteiger partial charge is 0.496 e. The second kappa shape index (κ2) is 8.10. The number of carboxylic acids is 1. The Kier molecular flexibility index (Phi) is 5.89. The number of carboxylic acid groups (broad SMARTS) is 1. The number of benzene rings is 2. The number of carbonyl (C=O) groups is 1. The zero-order valence-electron chi connectivity index (χ0n) is 14.4. The summed E-state index contributed by atoms with van der Waals surface area (Å²) in [6, 6.07) is 12.1. The maximum absolute atomic E-state index is 11.8. The van der Waals surface area contributed by atoms with Crippen LogP contribution in [0.1, 0.15) is 35.5 Å². The Morgan fingerprint density at radius 2 is 1.84 bits per heavy atom. The summed E-state index contributed by atoms with van der Waals surface area (Å²) in [4.78, 5) is 23.1. The molecule has 0 fully saturated rings.